The van der Waals surface area contributed by atoms with Crippen LogP contribution in [0.3, 0.4) is 0 Å². The second kappa shape index (κ2) is 2.48. The molecule has 0 amide bonds. The van der Waals surface area contributed by atoms with Crippen molar-refractivity contribution in [2.75, 3.05) is 5.73 Å². The van der Waals surface area contributed by atoms with E-state index in [4.69, 9.17) is 5.73 Å². The Hall–Kier alpha value is -1.58. The standard InChI is InChI=1S/C8H10N4/c1-2-6-3-10-8-7(9)4-11-12(8)5-6/h3-5H,2,9H2,1H3. The predicted octanol–water partition coefficient (Wildman–Crippen LogP) is 0.874. The summed E-state index contributed by atoms with van der Waals surface area (Å²) in [5.41, 5.74) is 8.13. The van der Waals surface area contributed by atoms with E-state index in [-0.39, 0.29) is 0 Å². The molecule has 4 nitrogen and oxygen atoms in total. The van der Waals surface area contributed by atoms with Gasteiger partial charge in [-0.3, -0.25) is 0 Å². The highest BCUT2D eigenvalue weighted by Crippen LogP contribution is 2.09. The molecule has 2 aromatic heterocycles. The maximum Gasteiger partial charge on any atom is 0.178 e. The normalized spacial score (nSPS) is 10.8. The summed E-state index contributed by atoms with van der Waals surface area (Å²) in [7, 11) is 0. The van der Waals surface area contributed by atoms with E-state index < -0.39 is 0 Å². The van der Waals surface area contributed by atoms with E-state index >= 15 is 0 Å². The smallest absolute Gasteiger partial charge is 0.178 e. The van der Waals surface area contributed by atoms with Crippen LogP contribution in [0.2, 0.25) is 0 Å². The number of hydrogen-bond donors (Lipinski definition) is 1. The number of anilines is 1. The molecular weight excluding hydrogens is 152 g/mol. The molecule has 0 saturated carbocycles. The van der Waals surface area contributed by atoms with Gasteiger partial charge in [-0.25, -0.2) is 9.50 Å². The third-order valence-corrected chi connectivity index (χ3v) is 1.85. The molecule has 2 rings (SSSR count). The largest absolute Gasteiger partial charge is 0.394 e. The van der Waals surface area contributed by atoms with Crippen molar-refractivity contribution < 1.29 is 0 Å². The SMILES string of the molecule is CCc1cnc2c(N)cnn2c1. The first-order chi connectivity index (χ1) is 5.81. The van der Waals surface area contributed by atoms with Crippen LogP contribution in [0.4, 0.5) is 5.69 Å². The Bertz CT molecular complexity index is 404. The number of aryl methyl sites for hydroxylation is 1. The van der Waals surface area contributed by atoms with Crippen molar-refractivity contribution in [2.45, 2.75) is 13.3 Å². The first-order valence-corrected chi connectivity index (χ1v) is 3.89. The topological polar surface area (TPSA) is 56.2 Å². The fourth-order valence-electron chi connectivity index (χ4n) is 1.11. The second-order valence-electron chi connectivity index (χ2n) is 2.68. The van der Waals surface area contributed by atoms with Crippen LogP contribution >= 0.6 is 0 Å². The van der Waals surface area contributed by atoms with Crippen molar-refractivity contribution >= 4 is 11.3 Å². The molecule has 0 aliphatic heterocycles. The Balaban J connectivity index is 2.69. The number of fused-ring (bicyclic) bond motifs is 1. The third-order valence-electron chi connectivity index (χ3n) is 1.85. The van der Waals surface area contributed by atoms with Crippen LogP contribution in [-0.2, 0) is 6.42 Å². The minimum absolute atomic E-state index is 0.623. The van der Waals surface area contributed by atoms with Gasteiger partial charge in [-0.05, 0) is 12.0 Å². The Labute approximate surface area is 70.0 Å². The van der Waals surface area contributed by atoms with Crippen molar-refractivity contribution in [1.29, 1.82) is 0 Å². The Kier molecular flexibility index (Phi) is 1.46. The van der Waals surface area contributed by atoms with Crippen molar-refractivity contribution in [3.8, 4) is 0 Å². The molecule has 0 unspecified atom stereocenters. The van der Waals surface area contributed by atoms with Crippen LogP contribution in [0.25, 0.3) is 5.65 Å². The van der Waals surface area contributed by atoms with Gasteiger partial charge in [0.15, 0.2) is 5.65 Å². The summed E-state index contributed by atoms with van der Waals surface area (Å²) in [6, 6.07) is 0. The molecule has 12 heavy (non-hydrogen) atoms. The Morgan fingerprint density at radius 1 is 1.50 bits per heavy atom. The predicted molar refractivity (Wildman–Crippen MR) is 46.8 cm³/mol. The molecule has 0 fully saturated rings. The number of rotatable bonds is 1. The van der Waals surface area contributed by atoms with E-state index in [0.717, 1.165) is 17.6 Å². The van der Waals surface area contributed by atoms with Gasteiger partial charge in [-0.1, -0.05) is 6.92 Å². The van der Waals surface area contributed by atoms with Crippen molar-refractivity contribution in [1.82, 2.24) is 14.6 Å². The van der Waals surface area contributed by atoms with Crippen LogP contribution in [0, 0.1) is 0 Å². The summed E-state index contributed by atoms with van der Waals surface area (Å²) in [6.07, 6.45) is 6.34. The van der Waals surface area contributed by atoms with Gasteiger partial charge < -0.3 is 5.73 Å². The first-order valence-electron chi connectivity index (χ1n) is 3.89. The monoisotopic (exact) mass is 162 g/mol. The van der Waals surface area contributed by atoms with Gasteiger partial charge in [0.1, 0.15) is 0 Å². The molecule has 0 bridgehead atoms. The van der Waals surface area contributed by atoms with Crippen molar-refractivity contribution in [3.63, 3.8) is 0 Å². The summed E-state index contributed by atoms with van der Waals surface area (Å²) in [5.74, 6) is 0. The minimum atomic E-state index is 0.623. The van der Waals surface area contributed by atoms with Gasteiger partial charge in [0, 0.05) is 12.4 Å². The maximum atomic E-state index is 5.62. The summed E-state index contributed by atoms with van der Waals surface area (Å²) >= 11 is 0. The lowest BCUT2D eigenvalue weighted by Gasteiger charge is -1.96. The van der Waals surface area contributed by atoms with Gasteiger partial charge in [0.05, 0.1) is 11.9 Å². The minimum Gasteiger partial charge on any atom is -0.394 e. The van der Waals surface area contributed by atoms with Crippen molar-refractivity contribution in [3.05, 3.63) is 24.2 Å². The molecule has 2 N–H and O–H groups in total. The highest BCUT2D eigenvalue weighted by molar-refractivity contribution is 5.62. The van der Waals surface area contributed by atoms with Gasteiger partial charge in [-0.15, -0.1) is 0 Å². The van der Waals surface area contributed by atoms with Crippen LogP contribution < -0.4 is 5.73 Å². The number of aromatic nitrogens is 3. The van der Waals surface area contributed by atoms with E-state index in [0.29, 0.717) is 5.69 Å². The van der Waals surface area contributed by atoms with Crippen LogP contribution in [0.5, 0.6) is 0 Å². The third kappa shape index (κ3) is 0.922. The van der Waals surface area contributed by atoms with E-state index in [1.54, 1.807) is 10.7 Å². The van der Waals surface area contributed by atoms with E-state index in [2.05, 4.69) is 17.0 Å². The van der Waals surface area contributed by atoms with E-state index in [9.17, 15) is 0 Å². The lowest BCUT2D eigenvalue weighted by atomic mass is 10.3. The number of nitrogens with two attached hydrogens (primary N) is 1. The molecule has 0 saturated heterocycles. The summed E-state index contributed by atoms with van der Waals surface area (Å²) in [5, 5.41) is 4.06. The second-order valence-corrected chi connectivity index (χ2v) is 2.68. The summed E-state index contributed by atoms with van der Waals surface area (Å²) in [6.45, 7) is 2.08. The molecule has 62 valence electrons. The lowest BCUT2D eigenvalue weighted by Crippen LogP contribution is -1.94. The van der Waals surface area contributed by atoms with Gasteiger partial charge in [0.2, 0.25) is 0 Å². The summed E-state index contributed by atoms with van der Waals surface area (Å²) < 4.78 is 1.70. The number of nitrogen functional groups attached to an aromatic ring is 1. The Morgan fingerprint density at radius 3 is 3.08 bits per heavy atom. The molecule has 0 aromatic carbocycles. The Morgan fingerprint density at radius 2 is 2.33 bits per heavy atom. The zero-order valence-corrected chi connectivity index (χ0v) is 6.86. The van der Waals surface area contributed by atoms with Crippen LogP contribution in [-0.4, -0.2) is 14.6 Å². The average molecular weight is 162 g/mol. The average Bonchev–Trinajstić information content (AvgIpc) is 2.47. The van der Waals surface area contributed by atoms with Crippen molar-refractivity contribution in [2.24, 2.45) is 0 Å². The zero-order valence-electron chi connectivity index (χ0n) is 6.86. The quantitative estimate of drug-likeness (QED) is 0.677. The molecule has 2 aromatic rings. The van der Waals surface area contributed by atoms with E-state index in [1.165, 1.54) is 0 Å². The van der Waals surface area contributed by atoms with Crippen LogP contribution in [0.15, 0.2) is 18.6 Å². The zero-order chi connectivity index (χ0) is 8.55. The molecule has 2 heterocycles. The molecule has 0 atom stereocenters. The number of hydrogen-bond acceptors (Lipinski definition) is 3. The molecule has 4 heteroatoms. The summed E-state index contributed by atoms with van der Waals surface area (Å²) in [4.78, 5) is 4.19. The molecular formula is C8H10N4. The number of nitrogens with zero attached hydrogens (tertiary/aromatic N) is 3. The van der Waals surface area contributed by atoms with Gasteiger partial charge >= 0.3 is 0 Å². The lowest BCUT2D eigenvalue weighted by molar-refractivity contribution is 0.910. The fourth-order valence-corrected chi connectivity index (χ4v) is 1.11. The first kappa shape index (κ1) is 7.09. The maximum absolute atomic E-state index is 5.62. The molecule has 0 aliphatic rings. The van der Waals surface area contributed by atoms with Crippen LogP contribution in [0.1, 0.15) is 12.5 Å². The van der Waals surface area contributed by atoms with Gasteiger partial charge in [0.25, 0.3) is 0 Å². The highest BCUT2D eigenvalue weighted by Gasteiger charge is 2.00. The highest BCUT2D eigenvalue weighted by atomic mass is 15.2. The molecule has 0 aliphatic carbocycles. The molecule has 0 spiro atoms. The fraction of sp³-hybridized carbons (Fsp3) is 0.250. The molecule has 0 radical (unpaired) electrons. The van der Waals surface area contributed by atoms with Gasteiger partial charge in [-0.2, -0.15) is 5.10 Å². The van der Waals surface area contributed by atoms with E-state index in [1.807, 2.05) is 12.4 Å².